The molecule has 2 amide bonds. The predicted molar refractivity (Wildman–Crippen MR) is 125 cm³/mol. The maximum Gasteiger partial charge on any atom is 0.407 e. The van der Waals surface area contributed by atoms with E-state index in [4.69, 9.17) is 9.47 Å². The average molecular weight is 467 g/mol. The molecule has 0 aromatic heterocycles. The molecule has 0 bridgehead atoms. The van der Waals surface area contributed by atoms with E-state index in [1.54, 1.807) is 0 Å². The molecule has 3 N–H and O–H groups in total. The maximum absolute atomic E-state index is 12.6. The van der Waals surface area contributed by atoms with Gasteiger partial charge in [0, 0.05) is 25.0 Å². The molecule has 3 atom stereocenters. The van der Waals surface area contributed by atoms with E-state index in [1.165, 1.54) is 0 Å². The van der Waals surface area contributed by atoms with Gasteiger partial charge < -0.3 is 25.2 Å². The number of carboxylic acids is 1. The van der Waals surface area contributed by atoms with Crippen LogP contribution < -0.4 is 10.6 Å². The number of amides is 2. The Balaban J connectivity index is 1.33. The fourth-order valence-corrected chi connectivity index (χ4v) is 4.85. The van der Waals surface area contributed by atoms with Gasteiger partial charge in [-0.25, -0.2) is 9.59 Å². The lowest BCUT2D eigenvalue weighted by atomic mass is 9.98. The highest BCUT2D eigenvalue weighted by molar-refractivity contribution is 5.81. The molecular weight excluding hydrogens is 436 g/mol. The summed E-state index contributed by atoms with van der Waals surface area (Å²) in [5.41, 5.74) is 4.58. The molecule has 0 radical (unpaired) electrons. The zero-order chi connectivity index (χ0) is 24.1. The minimum Gasteiger partial charge on any atom is -0.479 e. The summed E-state index contributed by atoms with van der Waals surface area (Å²) in [5.74, 6) is -1.45. The summed E-state index contributed by atoms with van der Waals surface area (Å²) in [6.45, 7) is 2.46. The summed E-state index contributed by atoms with van der Waals surface area (Å²) >= 11 is 0. The highest BCUT2D eigenvalue weighted by Gasteiger charge is 2.35. The van der Waals surface area contributed by atoms with Crippen molar-refractivity contribution in [1.29, 1.82) is 0 Å². The molecule has 1 fully saturated rings. The van der Waals surface area contributed by atoms with Crippen molar-refractivity contribution in [3.8, 4) is 11.1 Å². The van der Waals surface area contributed by atoms with Crippen molar-refractivity contribution in [2.24, 2.45) is 0 Å². The third kappa shape index (κ3) is 5.22. The Morgan fingerprint density at radius 2 is 1.74 bits per heavy atom. The lowest BCUT2D eigenvalue weighted by Crippen LogP contribution is -2.46. The van der Waals surface area contributed by atoms with E-state index in [1.807, 2.05) is 31.2 Å². The van der Waals surface area contributed by atoms with Crippen LogP contribution in [0.5, 0.6) is 0 Å². The number of carboxylic acid groups (broad SMARTS) is 1. The maximum atomic E-state index is 12.6. The summed E-state index contributed by atoms with van der Waals surface area (Å²) < 4.78 is 10.8. The number of alkyl carbamates (subject to hydrolysis) is 1. The zero-order valence-electron chi connectivity index (χ0n) is 19.2. The van der Waals surface area contributed by atoms with Gasteiger partial charge >= 0.3 is 12.1 Å². The van der Waals surface area contributed by atoms with Gasteiger partial charge in [0.05, 0.1) is 6.04 Å². The third-order valence-corrected chi connectivity index (χ3v) is 6.42. The SMILES string of the molecule is CCC[C@@H](CC(=O)NC1CCOC1C(=O)O)NC(=O)OCC1c2ccccc2-c2ccccc21. The number of aliphatic carboxylic acids is 1. The van der Waals surface area contributed by atoms with E-state index in [9.17, 15) is 19.5 Å². The van der Waals surface area contributed by atoms with E-state index < -0.39 is 30.3 Å². The third-order valence-electron chi connectivity index (χ3n) is 6.42. The van der Waals surface area contributed by atoms with Crippen molar-refractivity contribution in [3.05, 3.63) is 59.7 Å². The largest absolute Gasteiger partial charge is 0.479 e. The average Bonchev–Trinajstić information content (AvgIpc) is 3.40. The van der Waals surface area contributed by atoms with Gasteiger partial charge in [-0.1, -0.05) is 61.9 Å². The zero-order valence-corrected chi connectivity index (χ0v) is 19.2. The Bertz CT molecular complexity index is 1010. The quantitative estimate of drug-likeness (QED) is 0.522. The summed E-state index contributed by atoms with van der Waals surface area (Å²) in [4.78, 5) is 36.4. The first-order valence-corrected chi connectivity index (χ1v) is 11.7. The number of hydrogen-bond acceptors (Lipinski definition) is 5. The number of benzene rings is 2. The number of rotatable bonds is 9. The first kappa shape index (κ1) is 23.8. The van der Waals surface area contributed by atoms with Gasteiger partial charge in [0.2, 0.25) is 5.91 Å². The molecule has 0 saturated carbocycles. The van der Waals surface area contributed by atoms with E-state index in [-0.39, 0.29) is 31.5 Å². The van der Waals surface area contributed by atoms with E-state index in [0.717, 1.165) is 28.7 Å². The van der Waals surface area contributed by atoms with Crippen molar-refractivity contribution in [3.63, 3.8) is 0 Å². The van der Waals surface area contributed by atoms with E-state index in [2.05, 4.69) is 34.9 Å². The molecule has 2 aromatic carbocycles. The molecule has 2 aromatic rings. The van der Waals surface area contributed by atoms with E-state index >= 15 is 0 Å². The van der Waals surface area contributed by atoms with Crippen molar-refractivity contribution < 1.29 is 29.0 Å². The van der Waals surface area contributed by atoms with Crippen molar-refractivity contribution >= 4 is 18.0 Å². The second-order valence-corrected chi connectivity index (χ2v) is 8.75. The molecule has 1 saturated heterocycles. The molecule has 0 spiro atoms. The second kappa shape index (κ2) is 10.7. The highest BCUT2D eigenvalue weighted by atomic mass is 16.5. The summed E-state index contributed by atoms with van der Waals surface area (Å²) in [7, 11) is 0. The van der Waals surface area contributed by atoms with Crippen molar-refractivity contribution in [2.75, 3.05) is 13.2 Å². The molecule has 1 aliphatic heterocycles. The van der Waals surface area contributed by atoms with Gasteiger partial charge in [-0.3, -0.25) is 4.79 Å². The lowest BCUT2D eigenvalue weighted by Gasteiger charge is -2.21. The van der Waals surface area contributed by atoms with Gasteiger partial charge in [0.25, 0.3) is 0 Å². The minimum absolute atomic E-state index is 0.0404. The normalized spacial score (nSPS) is 19.7. The summed E-state index contributed by atoms with van der Waals surface area (Å²) in [6.07, 6.45) is 0.249. The molecule has 1 heterocycles. The first-order chi connectivity index (χ1) is 16.5. The number of carbonyl (C=O) groups is 3. The number of ether oxygens (including phenoxy) is 2. The molecule has 180 valence electrons. The van der Waals surface area contributed by atoms with Gasteiger partial charge in [0.1, 0.15) is 6.61 Å². The van der Waals surface area contributed by atoms with Crippen molar-refractivity contribution in [1.82, 2.24) is 10.6 Å². The van der Waals surface area contributed by atoms with Crippen LogP contribution in [-0.2, 0) is 19.1 Å². The van der Waals surface area contributed by atoms with Gasteiger partial charge in [0.15, 0.2) is 6.10 Å². The van der Waals surface area contributed by atoms with Crippen LogP contribution >= 0.6 is 0 Å². The molecule has 34 heavy (non-hydrogen) atoms. The number of hydrogen-bond donors (Lipinski definition) is 3. The molecule has 1 aliphatic carbocycles. The Kier molecular flexibility index (Phi) is 7.47. The second-order valence-electron chi connectivity index (χ2n) is 8.75. The van der Waals surface area contributed by atoms with Crippen LogP contribution in [0.15, 0.2) is 48.5 Å². The van der Waals surface area contributed by atoms with Crippen molar-refractivity contribution in [2.45, 2.75) is 56.7 Å². The van der Waals surface area contributed by atoms with Crippen LogP contribution in [-0.4, -0.2) is 54.5 Å². The minimum atomic E-state index is -1.09. The van der Waals surface area contributed by atoms with Crippen LogP contribution in [0.4, 0.5) is 4.79 Å². The predicted octanol–water partition coefficient (Wildman–Crippen LogP) is 3.44. The summed E-state index contributed by atoms with van der Waals surface area (Å²) in [6, 6.07) is 15.3. The number of nitrogens with one attached hydrogen (secondary N) is 2. The number of carbonyl (C=O) groups excluding carboxylic acids is 2. The van der Waals surface area contributed by atoms with Crippen LogP contribution in [0.3, 0.4) is 0 Å². The molecule has 8 nitrogen and oxygen atoms in total. The number of fused-ring (bicyclic) bond motifs is 3. The first-order valence-electron chi connectivity index (χ1n) is 11.7. The Morgan fingerprint density at radius 3 is 2.35 bits per heavy atom. The van der Waals surface area contributed by atoms with Crippen LogP contribution in [0.2, 0.25) is 0 Å². The van der Waals surface area contributed by atoms with E-state index in [0.29, 0.717) is 12.8 Å². The Hall–Kier alpha value is -3.39. The Morgan fingerprint density at radius 1 is 1.09 bits per heavy atom. The topological polar surface area (TPSA) is 114 Å². The fraction of sp³-hybridized carbons (Fsp3) is 0.423. The lowest BCUT2D eigenvalue weighted by molar-refractivity contribution is -0.148. The fourth-order valence-electron chi connectivity index (χ4n) is 4.85. The van der Waals surface area contributed by atoms with Gasteiger partial charge in [-0.2, -0.15) is 0 Å². The Labute approximate surface area is 198 Å². The smallest absolute Gasteiger partial charge is 0.407 e. The summed E-state index contributed by atoms with van der Waals surface area (Å²) in [5, 5.41) is 14.7. The van der Waals surface area contributed by atoms with Crippen LogP contribution in [0.25, 0.3) is 11.1 Å². The van der Waals surface area contributed by atoms with Crippen LogP contribution in [0, 0.1) is 0 Å². The standard InChI is InChI=1S/C26H30N2O6/c1-2-7-16(14-23(29)28-22-12-13-33-24(22)25(30)31)27-26(32)34-15-21-19-10-5-3-8-17(19)18-9-4-6-11-20(18)21/h3-6,8-11,16,21-22,24H,2,7,12-15H2,1H3,(H,27,32)(H,28,29)(H,30,31)/t16-,22?,24?/m0/s1. The monoisotopic (exact) mass is 466 g/mol. The van der Waals surface area contributed by atoms with Gasteiger partial charge in [-0.15, -0.1) is 0 Å². The molecule has 2 aliphatic rings. The van der Waals surface area contributed by atoms with Gasteiger partial charge in [-0.05, 0) is 35.1 Å². The van der Waals surface area contributed by atoms with Crippen LogP contribution in [0.1, 0.15) is 49.7 Å². The molecule has 4 rings (SSSR count). The molecular formula is C26H30N2O6. The highest BCUT2D eigenvalue weighted by Crippen LogP contribution is 2.44. The molecule has 8 heteroatoms. The molecule has 2 unspecified atom stereocenters.